The number of carboxylic acid groups (broad SMARTS) is 1. The summed E-state index contributed by atoms with van der Waals surface area (Å²) in [5, 5.41) is 12.0. The number of carbonyl (C=O) groups is 2. The van der Waals surface area contributed by atoms with Gasteiger partial charge >= 0.3 is 5.97 Å². The average molecular weight is 263 g/mol. The van der Waals surface area contributed by atoms with Crippen LogP contribution in [-0.4, -0.2) is 22.5 Å². The fourth-order valence-electron chi connectivity index (χ4n) is 1.84. The van der Waals surface area contributed by atoms with Gasteiger partial charge in [0.25, 0.3) is 0 Å². The maximum absolute atomic E-state index is 11.8. The van der Waals surface area contributed by atoms with Crippen LogP contribution in [0.3, 0.4) is 0 Å². The van der Waals surface area contributed by atoms with Crippen molar-refractivity contribution in [2.45, 2.75) is 39.2 Å². The van der Waals surface area contributed by atoms with Gasteiger partial charge in [0.15, 0.2) is 0 Å². The summed E-state index contributed by atoms with van der Waals surface area (Å²) in [6.07, 6.45) is 0.370. The van der Waals surface area contributed by atoms with E-state index in [1.165, 1.54) is 0 Å². The van der Waals surface area contributed by atoms with Crippen LogP contribution >= 0.6 is 0 Å². The summed E-state index contributed by atoms with van der Waals surface area (Å²) < 4.78 is 0. The number of rotatable bonds is 5. The molecule has 1 amide bonds. The number of carbonyl (C=O) groups excluding carboxylic acids is 1. The summed E-state index contributed by atoms with van der Waals surface area (Å²) in [5.74, 6) is -1.85. The molecule has 104 valence electrons. The van der Waals surface area contributed by atoms with Crippen molar-refractivity contribution in [3.63, 3.8) is 0 Å². The van der Waals surface area contributed by atoms with Crippen molar-refractivity contribution in [2.75, 3.05) is 0 Å². The molecular weight excluding hydrogens is 242 g/mol. The van der Waals surface area contributed by atoms with Gasteiger partial charge in [-0.15, -0.1) is 0 Å². The standard InChI is InChI=1S/C15H21NO3/c1-15(2,3)16-13(17)10-12(14(18)19)9-11-7-5-4-6-8-11/h4-8,12H,9-10H2,1-3H3,(H,16,17)(H,18,19)/t12-/m1/s1. The molecule has 0 fully saturated rings. The van der Waals surface area contributed by atoms with Gasteiger partial charge in [0.2, 0.25) is 5.91 Å². The fourth-order valence-corrected chi connectivity index (χ4v) is 1.84. The van der Waals surface area contributed by atoms with Crippen LogP contribution in [0, 0.1) is 5.92 Å². The van der Waals surface area contributed by atoms with Gasteiger partial charge in [-0.05, 0) is 32.8 Å². The Morgan fingerprint density at radius 3 is 2.26 bits per heavy atom. The lowest BCUT2D eigenvalue weighted by molar-refractivity contribution is -0.144. The van der Waals surface area contributed by atoms with Crippen LogP contribution in [0.1, 0.15) is 32.8 Å². The lowest BCUT2D eigenvalue weighted by Gasteiger charge is -2.22. The third kappa shape index (κ3) is 6.04. The molecule has 0 aliphatic carbocycles. The summed E-state index contributed by atoms with van der Waals surface area (Å²) in [7, 11) is 0. The number of hydrogen-bond acceptors (Lipinski definition) is 2. The maximum Gasteiger partial charge on any atom is 0.307 e. The molecular formula is C15H21NO3. The molecule has 0 saturated heterocycles. The Bertz CT molecular complexity index is 434. The summed E-state index contributed by atoms with van der Waals surface area (Å²) in [6.45, 7) is 5.62. The monoisotopic (exact) mass is 263 g/mol. The van der Waals surface area contributed by atoms with Crippen molar-refractivity contribution in [3.8, 4) is 0 Å². The molecule has 4 heteroatoms. The quantitative estimate of drug-likeness (QED) is 0.856. The van der Waals surface area contributed by atoms with Crippen LogP contribution in [0.25, 0.3) is 0 Å². The highest BCUT2D eigenvalue weighted by atomic mass is 16.4. The number of benzene rings is 1. The van der Waals surface area contributed by atoms with E-state index >= 15 is 0 Å². The van der Waals surface area contributed by atoms with Crippen molar-refractivity contribution in [1.82, 2.24) is 5.32 Å². The Morgan fingerprint density at radius 1 is 1.21 bits per heavy atom. The minimum atomic E-state index is -0.937. The van der Waals surface area contributed by atoms with E-state index in [-0.39, 0.29) is 17.9 Å². The van der Waals surface area contributed by atoms with E-state index < -0.39 is 11.9 Å². The topological polar surface area (TPSA) is 66.4 Å². The smallest absolute Gasteiger partial charge is 0.307 e. The van der Waals surface area contributed by atoms with Crippen LogP contribution in [-0.2, 0) is 16.0 Å². The van der Waals surface area contributed by atoms with Gasteiger partial charge in [0.05, 0.1) is 5.92 Å². The molecule has 0 radical (unpaired) electrons. The second-order valence-corrected chi connectivity index (χ2v) is 5.73. The molecule has 1 aromatic rings. The van der Waals surface area contributed by atoms with Crippen LogP contribution in [0.2, 0.25) is 0 Å². The van der Waals surface area contributed by atoms with E-state index in [0.29, 0.717) is 6.42 Å². The SMILES string of the molecule is CC(C)(C)NC(=O)C[C@@H](Cc1ccccc1)C(=O)O. The Kier molecular flexibility index (Phi) is 5.10. The number of nitrogens with one attached hydrogen (secondary N) is 1. The normalized spacial score (nSPS) is 12.8. The average Bonchev–Trinajstić information content (AvgIpc) is 2.26. The van der Waals surface area contributed by atoms with E-state index in [4.69, 9.17) is 0 Å². The maximum atomic E-state index is 11.8. The molecule has 1 aromatic carbocycles. The van der Waals surface area contributed by atoms with E-state index in [9.17, 15) is 14.7 Å². The Balaban J connectivity index is 2.64. The number of aliphatic carboxylic acids is 1. The van der Waals surface area contributed by atoms with E-state index in [2.05, 4.69) is 5.32 Å². The number of carboxylic acids is 1. The highest BCUT2D eigenvalue weighted by molar-refractivity contribution is 5.82. The van der Waals surface area contributed by atoms with Gasteiger partial charge in [-0.25, -0.2) is 0 Å². The van der Waals surface area contributed by atoms with Crippen molar-refractivity contribution < 1.29 is 14.7 Å². The Labute approximate surface area is 113 Å². The van der Waals surface area contributed by atoms with Crippen LogP contribution in [0.5, 0.6) is 0 Å². The summed E-state index contributed by atoms with van der Waals surface area (Å²) in [6, 6.07) is 9.35. The lowest BCUT2D eigenvalue weighted by atomic mass is 9.95. The molecule has 2 N–H and O–H groups in total. The van der Waals surface area contributed by atoms with Crippen LogP contribution in [0.4, 0.5) is 0 Å². The van der Waals surface area contributed by atoms with Crippen LogP contribution < -0.4 is 5.32 Å². The molecule has 4 nitrogen and oxygen atoms in total. The predicted octanol–water partition coefficient (Wildman–Crippen LogP) is 2.23. The minimum absolute atomic E-state index is 0.00149. The van der Waals surface area contributed by atoms with E-state index in [1.54, 1.807) is 0 Å². The molecule has 0 aromatic heterocycles. The molecule has 0 spiro atoms. The zero-order chi connectivity index (χ0) is 14.5. The first-order chi connectivity index (χ1) is 8.78. The first-order valence-corrected chi connectivity index (χ1v) is 6.35. The molecule has 19 heavy (non-hydrogen) atoms. The molecule has 0 bridgehead atoms. The molecule has 0 unspecified atom stereocenters. The first kappa shape index (κ1) is 15.2. The third-order valence-electron chi connectivity index (χ3n) is 2.62. The first-order valence-electron chi connectivity index (χ1n) is 6.35. The highest BCUT2D eigenvalue weighted by Gasteiger charge is 2.23. The predicted molar refractivity (Wildman–Crippen MR) is 73.8 cm³/mol. The van der Waals surface area contributed by atoms with Gasteiger partial charge in [-0.3, -0.25) is 9.59 Å². The second kappa shape index (κ2) is 6.36. The largest absolute Gasteiger partial charge is 0.481 e. The number of amides is 1. The minimum Gasteiger partial charge on any atom is -0.481 e. The van der Waals surface area contributed by atoms with Gasteiger partial charge in [-0.1, -0.05) is 30.3 Å². The van der Waals surface area contributed by atoms with Crippen molar-refractivity contribution in [1.29, 1.82) is 0 Å². The lowest BCUT2D eigenvalue weighted by Crippen LogP contribution is -2.42. The Morgan fingerprint density at radius 2 is 1.79 bits per heavy atom. The van der Waals surface area contributed by atoms with Gasteiger partial charge in [0.1, 0.15) is 0 Å². The molecule has 0 aliphatic heterocycles. The zero-order valence-electron chi connectivity index (χ0n) is 11.6. The second-order valence-electron chi connectivity index (χ2n) is 5.73. The summed E-state index contributed by atoms with van der Waals surface area (Å²) in [4.78, 5) is 23.0. The molecule has 0 saturated carbocycles. The third-order valence-corrected chi connectivity index (χ3v) is 2.62. The van der Waals surface area contributed by atoms with E-state index in [1.807, 2.05) is 51.1 Å². The van der Waals surface area contributed by atoms with Crippen molar-refractivity contribution in [2.24, 2.45) is 5.92 Å². The molecule has 0 aliphatic rings. The fraction of sp³-hybridized carbons (Fsp3) is 0.467. The van der Waals surface area contributed by atoms with Crippen LogP contribution in [0.15, 0.2) is 30.3 Å². The molecule has 1 rings (SSSR count). The summed E-state index contributed by atoms with van der Waals surface area (Å²) >= 11 is 0. The zero-order valence-corrected chi connectivity index (χ0v) is 11.6. The summed E-state index contributed by atoms with van der Waals surface area (Å²) in [5.41, 5.74) is 0.589. The van der Waals surface area contributed by atoms with Crippen molar-refractivity contribution >= 4 is 11.9 Å². The van der Waals surface area contributed by atoms with Gasteiger partial charge in [-0.2, -0.15) is 0 Å². The van der Waals surface area contributed by atoms with Gasteiger partial charge < -0.3 is 10.4 Å². The van der Waals surface area contributed by atoms with Crippen molar-refractivity contribution in [3.05, 3.63) is 35.9 Å². The van der Waals surface area contributed by atoms with E-state index in [0.717, 1.165) is 5.56 Å². The Hall–Kier alpha value is -1.84. The molecule has 0 heterocycles. The van der Waals surface area contributed by atoms with Gasteiger partial charge in [0, 0.05) is 12.0 Å². The highest BCUT2D eigenvalue weighted by Crippen LogP contribution is 2.13. The molecule has 1 atom stereocenters. The number of hydrogen-bond donors (Lipinski definition) is 2.